The molecule has 5 nitrogen and oxygen atoms in total. The van der Waals surface area contributed by atoms with E-state index in [9.17, 15) is 5.11 Å². The summed E-state index contributed by atoms with van der Waals surface area (Å²) in [4.78, 5) is 18.0. The number of aliphatic hydroxyl groups is 1. The third-order valence-corrected chi connectivity index (χ3v) is 5.99. The van der Waals surface area contributed by atoms with E-state index in [1.165, 1.54) is 0 Å². The lowest BCUT2D eigenvalue weighted by molar-refractivity contribution is 0.540. The van der Waals surface area contributed by atoms with Crippen LogP contribution in [0.25, 0.3) is 17.4 Å². The lowest BCUT2D eigenvalue weighted by Crippen LogP contribution is -2.26. The summed E-state index contributed by atoms with van der Waals surface area (Å²) in [5.41, 5.74) is 10.4. The van der Waals surface area contributed by atoms with E-state index < -0.39 is 0 Å². The number of aliphatic hydroxyl groups excluding tert-OH is 1. The molecule has 148 valence electrons. The van der Waals surface area contributed by atoms with Crippen LogP contribution >= 0.6 is 0 Å². The van der Waals surface area contributed by atoms with Crippen LogP contribution in [0.4, 0.5) is 0 Å². The summed E-state index contributed by atoms with van der Waals surface area (Å²) in [6.45, 7) is 8.14. The van der Waals surface area contributed by atoms with Crippen molar-refractivity contribution >= 4 is 34.5 Å². The van der Waals surface area contributed by atoms with E-state index in [4.69, 9.17) is 15.0 Å². The molecule has 5 heterocycles. The van der Waals surface area contributed by atoms with E-state index in [0.717, 1.165) is 79.0 Å². The van der Waals surface area contributed by atoms with Crippen molar-refractivity contribution in [3.63, 3.8) is 0 Å². The van der Waals surface area contributed by atoms with E-state index in [2.05, 4.69) is 11.9 Å². The van der Waals surface area contributed by atoms with Gasteiger partial charge in [0.25, 0.3) is 0 Å². The molecule has 0 fully saturated rings. The standard InChI is InChI=1S/C25H22N4O/c1-13-18-5-6-19(26-18)14(2)21-9-10-23(28-21)16(4)25-17(12-30)11-24(29-25)15(3)22-8-7-20(13)27-22/h5-12,29-30H,1-4H3. The van der Waals surface area contributed by atoms with Crippen molar-refractivity contribution in [2.45, 2.75) is 27.7 Å². The minimum atomic E-state index is 0.730. The first-order chi connectivity index (χ1) is 14.5. The Morgan fingerprint density at radius 3 is 1.63 bits per heavy atom. The number of aromatic amines is 1. The Morgan fingerprint density at radius 2 is 1.13 bits per heavy atom. The predicted molar refractivity (Wildman–Crippen MR) is 124 cm³/mol. The summed E-state index contributed by atoms with van der Waals surface area (Å²) in [5, 5.41) is 11.4. The topological polar surface area (TPSA) is 73.1 Å². The Labute approximate surface area is 174 Å². The van der Waals surface area contributed by atoms with Gasteiger partial charge in [0.2, 0.25) is 0 Å². The number of hydrogen-bond donors (Lipinski definition) is 2. The number of nitrogens with one attached hydrogen (secondary N) is 1. The lowest BCUT2D eigenvalue weighted by Gasteiger charge is -2.04. The van der Waals surface area contributed by atoms with Gasteiger partial charge in [-0.3, -0.25) is 0 Å². The second kappa shape index (κ2) is 6.66. The summed E-state index contributed by atoms with van der Waals surface area (Å²) in [5.74, 6) is 0. The molecule has 5 rings (SSSR count). The molecule has 0 spiro atoms. The lowest BCUT2D eigenvalue weighted by atomic mass is 10.1. The number of aliphatic imine (C=N–C) groups is 3. The normalized spacial score (nSPS) is 20.7. The van der Waals surface area contributed by atoms with E-state index >= 15 is 0 Å². The van der Waals surface area contributed by atoms with Gasteiger partial charge in [-0.1, -0.05) is 0 Å². The Kier molecular flexibility index (Phi) is 4.07. The molecule has 8 bridgehead atoms. The fraction of sp³-hybridized carbons (Fsp3) is 0.160. The van der Waals surface area contributed by atoms with Gasteiger partial charge < -0.3 is 10.1 Å². The maximum atomic E-state index is 9.83. The van der Waals surface area contributed by atoms with Gasteiger partial charge >= 0.3 is 0 Å². The highest BCUT2D eigenvalue weighted by Crippen LogP contribution is 2.27. The number of fused-ring (bicyclic) bond motifs is 5. The molecule has 4 aliphatic rings. The molecule has 1 aromatic rings. The van der Waals surface area contributed by atoms with Crippen LogP contribution in [0, 0.1) is 0 Å². The summed E-state index contributed by atoms with van der Waals surface area (Å²) in [6, 6.07) is 1.95. The Balaban J connectivity index is 1.85. The molecule has 2 N–H and O–H groups in total. The quantitative estimate of drug-likeness (QED) is 0.690. The summed E-state index contributed by atoms with van der Waals surface area (Å²) in [6.07, 6.45) is 13.3. The average molecular weight is 394 g/mol. The highest BCUT2D eigenvalue weighted by atomic mass is 16.2. The number of allylic oxidation sites excluding steroid dienone is 9. The summed E-state index contributed by atoms with van der Waals surface area (Å²) < 4.78 is 0. The van der Waals surface area contributed by atoms with Crippen molar-refractivity contribution in [1.29, 1.82) is 0 Å². The predicted octanol–water partition coefficient (Wildman–Crippen LogP) is 3.81. The fourth-order valence-electron chi connectivity index (χ4n) is 3.95. The van der Waals surface area contributed by atoms with Crippen molar-refractivity contribution in [3.8, 4) is 0 Å². The first-order valence-corrected chi connectivity index (χ1v) is 9.95. The summed E-state index contributed by atoms with van der Waals surface area (Å²) in [7, 11) is 0. The smallest absolute Gasteiger partial charge is 0.0885 e. The van der Waals surface area contributed by atoms with Gasteiger partial charge in [0, 0.05) is 22.1 Å². The van der Waals surface area contributed by atoms with Crippen molar-refractivity contribution in [1.82, 2.24) is 4.98 Å². The second-order valence-electron chi connectivity index (χ2n) is 7.79. The Bertz CT molecular complexity index is 1410. The summed E-state index contributed by atoms with van der Waals surface area (Å²) >= 11 is 0. The molecular formula is C25H22N4O. The Morgan fingerprint density at radius 1 is 0.667 bits per heavy atom. The van der Waals surface area contributed by atoms with Crippen molar-refractivity contribution < 1.29 is 5.11 Å². The van der Waals surface area contributed by atoms with Crippen molar-refractivity contribution in [3.05, 3.63) is 87.0 Å². The van der Waals surface area contributed by atoms with Gasteiger partial charge in [0.05, 0.1) is 45.8 Å². The first-order valence-electron chi connectivity index (χ1n) is 9.95. The largest absolute Gasteiger partial charge is 0.515 e. The van der Waals surface area contributed by atoms with E-state index in [1.54, 1.807) is 0 Å². The van der Waals surface area contributed by atoms with Gasteiger partial charge in [0.1, 0.15) is 0 Å². The zero-order valence-corrected chi connectivity index (χ0v) is 17.4. The van der Waals surface area contributed by atoms with Crippen LogP contribution < -0.4 is 10.6 Å². The molecule has 0 saturated heterocycles. The zero-order valence-electron chi connectivity index (χ0n) is 17.4. The molecule has 0 aromatic carbocycles. The monoisotopic (exact) mass is 394 g/mol. The molecule has 0 atom stereocenters. The van der Waals surface area contributed by atoms with Gasteiger partial charge in [-0.25, -0.2) is 15.0 Å². The fourth-order valence-corrected chi connectivity index (χ4v) is 3.95. The molecular weight excluding hydrogens is 372 g/mol. The SMILES string of the molecule is CC1=C2C=CC(=N2)C(C)=C2C=CC(=N2)C(C)=c2[nH]c(cc2=CO)C(C)=C2C=CC1=N2. The van der Waals surface area contributed by atoms with Gasteiger partial charge in [-0.15, -0.1) is 0 Å². The molecule has 30 heavy (non-hydrogen) atoms. The van der Waals surface area contributed by atoms with Crippen LogP contribution in [0.3, 0.4) is 0 Å². The number of hydrogen-bond acceptors (Lipinski definition) is 4. The molecule has 0 aliphatic carbocycles. The minimum Gasteiger partial charge on any atom is -0.515 e. The second-order valence-corrected chi connectivity index (χ2v) is 7.79. The highest BCUT2D eigenvalue weighted by molar-refractivity contribution is 6.26. The number of nitrogens with zero attached hydrogens (tertiary/aromatic N) is 3. The molecule has 4 aliphatic heterocycles. The van der Waals surface area contributed by atoms with Crippen LogP contribution in [-0.2, 0) is 0 Å². The zero-order chi connectivity index (χ0) is 21.0. The van der Waals surface area contributed by atoms with Gasteiger partial charge in [0.15, 0.2) is 0 Å². The number of H-pyrrole nitrogens is 1. The minimum absolute atomic E-state index is 0.730. The van der Waals surface area contributed by atoms with E-state index in [0.29, 0.717) is 0 Å². The van der Waals surface area contributed by atoms with Crippen LogP contribution in [0.5, 0.6) is 0 Å². The molecule has 0 saturated carbocycles. The maximum Gasteiger partial charge on any atom is 0.0885 e. The molecule has 5 heteroatoms. The molecule has 0 amide bonds. The van der Waals surface area contributed by atoms with Crippen LogP contribution in [0.15, 0.2) is 85.7 Å². The Hall–Kier alpha value is -3.73. The van der Waals surface area contributed by atoms with Crippen molar-refractivity contribution in [2.24, 2.45) is 15.0 Å². The number of aromatic nitrogens is 1. The number of rotatable bonds is 0. The molecule has 1 aromatic heterocycles. The van der Waals surface area contributed by atoms with E-state index in [1.807, 2.05) is 63.3 Å². The van der Waals surface area contributed by atoms with Crippen LogP contribution in [0.2, 0.25) is 0 Å². The average Bonchev–Trinajstić information content (AvgIpc) is 3.56. The van der Waals surface area contributed by atoms with Crippen LogP contribution in [-0.4, -0.2) is 27.2 Å². The third kappa shape index (κ3) is 2.74. The first kappa shape index (κ1) is 18.3. The molecule has 0 radical (unpaired) electrons. The highest BCUT2D eigenvalue weighted by Gasteiger charge is 2.19. The van der Waals surface area contributed by atoms with Crippen molar-refractivity contribution in [2.75, 3.05) is 0 Å². The molecule has 0 unspecified atom stereocenters. The third-order valence-electron chi connectivity index (χ3n) is 5.99. The van der Waals surface area contributed by atoms with Gasteiger partial charge in [-0.2, -0.15) is 0 Å². The van der Waals surface area contributed by atoms with Crippen LogP contribution in [0.1, 0.15) is 33.4 Å². The van der Waals surface area contributed by atoms with E-state index in [-0.39, 0.29) is 0 Å². The van der Waals surface area contributed by atoms with Gasteiger partial charge in [-0.05, 0) is 81.4 Å². The maximum absolute atomic E-state index is 9.83.